The van der Waals surface area contributed by atoms with E-state index in [1.54, 1.807) is 0 Å². The second-order valence-corrected chi connectivity index (χ2v) is 7.99. The van der Waals surface area contributed by atoms with Crippen molar-refractivity contribution in [2.75, 3.05) is 7.11 Å². The number of rotatable bonds is 6. The van der Waals surface area contributed by atoms with Crippen LogP contribution in [0.4, 0.5) is 0 Å². The minimum atomic E-state index is -0.489. The summed E-state index contributed by atoms with van der Waals surface area (Å²) >= 11 is 0. The minimum Gasteiger partial charge on any atom is -0.469 e. The Kier molecular flexibility index (Phi) is 6.81. The van der Waals surface area contributed by atoms with E-state index in [0.717, 1.165) is 12.8 Å². The maximum absolute atomic E-state index is 12.4. The summed E-state index contributed by atoms with van der Waals surface area (Å²) in [6.07, 6.45) is 2.43. The van der Waals surface area contributed by atoms with Crippen LogP contribution in [0.3, 0.4) is 0 Å². The van der Waals surface area contributed by atoms with E-state index in [9.17, 15) is 9.59 Å². The van der Waals surface area contributed by atoms with E-state index < -0.39 is 5.60 Å². The van der Waals surface area contributed by atoms with Crippen LogP contribution in [-0.2, 0) is 19.1 Å². The Morgan fingerprint density at radius 3 is 2.12 bits per heavy atom. The number of methoxy groups -OCH3 is 1. The van der Waals surface area contributed by atoms with Crippen molar-refractivity contribution in [3.8, 4) is 0 Å². The van der Waals surface area contributed by atoms with E-state index in [0.29, 0.717) is 12.8 Å². The zero-order chi connectivity index (χ0) is 19.3. The number of benzene rings is 1. The quantitative estimate of drug-likeness (QED) is 0.720. The molecule has 144 valence electrons. The number of carbonyl (C=O) groups is 2. The zero-order valence-corrected chi connectivity index (χ0v) is 16.5. The van der Waals surface area contributed by atoms with Gasteiger partial charge in [0, 0.05) is 18.1 Å². The van der Waals surface area contributed by atoms with Crippen LogP contribution in [0, 0.1) is 0 Å². The first-order valence-corrected chi connectivity index (χ1v) is 9.32. The Morgan fingerprint density at radius 2 is 1.62 bits per heavy atom. The van der Waals surface area contributed by atoms with Crippen molar-refractivity contribution in [2.45, 2.75) is 77.1 Å². The van der Waals surface area contributed by atoms with Crippen LogP contribution in [0.1, 0.15) is 65.0 Å². The molecule has 1 aliphatic heterocycles. The molecular weight excluding hydrogens is 330 g/mol. The predicted molar refractivity (Wildman–Crippen MR) is 101 cm³/mol. The van der Waals surface area contributed by atoms with Gasteiger partial charge in [0.05, 0.1) is 20.0 Å². The summed E-state index contributed by atoms with van der Waals surface area (Å²) in [6, 6.07) is 10.4. The molecular formula is C21H31NO4. The second-order valence-electron chi connectivity index (χ2n) is 7.99. The van der Waals surface area contributed by atoms with Gasteiger partial charge in [0.15, 0.2) is 0 Å². The summed E-state index contributed by atoms with van der Waals surface area (Å²) in [6.45, 7) is 7.77. The molecule has 1 heterocycles. The van der Waals surface area contributed by atoms with Crippen LogP contribution in [0.2, 0.25) is 0 Å². The fourth-order valence-corrected chi connectivity index (χ4v) is 3.78. The highest BCUT2D eigenvalue weighted by atomic mass is 16.6. The van der Waals surface area contributed by atoms with Crippen molar-refractivity contribution in [3.05, 3.63) is 35.9 Å². The molecule has 3 atom stereocenters. The summed E-state index contributed by atoms with van der Waals surface area (Å²) < 4.78 is 10.4. The molecule has 0 saturated carbocycles. The van der Waals surface area contributed by atoms with E-state index >= 15 is 0 Å². The molecule has 2 rings (SSSR count). The molecule has 0 bridgehead atoms. The summed E-state index contributed by atoms with van der Waals surface area (Å²) in [5, 5.41) is 0. The van der Waals surface area contributed by atoms with Crippen LogP contribution in [-0.4, -0.2) is 41.6 Å². The molecule has 5 heteroatoms. The summed E-state index contributed by atoms with van der Waals surface area (Å²) in [5.74, 6) is -0.398. The van der Waals surface area contributed by atoms with Gasteiger partial charge in [-0.05, 0) is 46.1 Å². The van der Waals surface area contributed by atoms with Crippen molar-refractivity contribution in [3.63, 3.8) is 0 Å². The van der Waals surface area contributed by atoms with Crippen LogP contribution >= 0.6 is 0 Å². The fourth-order valence-electron chi connectivity index (χ4n) is 3.78. The number of likely N-dealkylation sites (tertiary alicyclic amines) is 1. The van der Waals surface area contributed by atoms with E-state index in [-0.39, 0.29) is 30.1 Å². The SMILES string of the molecule is COC(=O)C[C@H]1CC[C@@H](CC(=O)OC(C)(C)C)N1[C@@H](C)c1ccccc1. The van der Waals surface area contributed by atoms with Gasteiger partial charge in [-0.25, -0.2) is 0 Å². The number of hydrogen-bond donors (Lipinski definition) is 0. The van der Waals surface area contributed by atoms with Gasteiger partial charge in [-0.15, -0.1) is 0 Å². The summed E-state index contributed by atoms with van der Waals surface area (Å²) in [5.41, 5.74) is 0.690. The van der Waals surface area contributed by atoms with E-state index in [1.165, 1.54) is 12.7 Å². The molecule has 1 aromatic carbocycles. The van der Waals surface area contributed by atoms with E-state index in [1.807, 2.05) is 39.0 Å². The molecule has 1 aromatic rings. The zero-order valence-electron chi connectivity index (χ0n) is 16.5. The van der Waals surface area contributed by atoms with Crippen LogP contribution in [0.5, 0.6) is 0 Å². The Morgan fingerprint density at radius 1 is 1.08 bits per heavy atom. The number of hydrogen-bond acceptors (Lipinski definition) is 5. The lowest BCUT2D eigenvalue weighted by Crippen LogP contribution is -2.41. The van der Waals surface area contributed by atoms with Crippen LogP contribution in [0.25, 0.3) is 0 Å². The molecule has 0 amide bonds. The van der Waals surface area contributed by atoms with Crippen molar-refractivity contribution in [1.29, 1.82) is 0 Å². The van der Waals surface area contributed by atoms with Crippen molar-refractivity contribution >= 4 is 11.9 Å². The van der Waals surface area contributed by atoms with Gasteiger partial charge >= 0.3 is 11.9 Å². The maximum atomic E-state index is 12.4. The highest BCUT2D eigenvalue weighted by Gasteiger charge is 2.39. The Hall–Kier alpha value is -1.88. The van der Waals surface area contributed by atoms with Gasteiger partial charge in [0.25, 0.3) is 0 Å². The largest absolute Gasteiger partial charge is 0.469 e. The topological polar surface area (TPSA) is 55.8 Å². The third-order valence-corrected chi connectivity index (χ3v) is 4.86. The number of carbonyl (C=O) groups excluding carboxylic acids is 2. The number of ether oxygens (including phenoxy) is 2. The van der Waals surface area contributed by atoms with Gasteiger partial charge in [-0.1, -0.05) is 30.3 Å². The average Bonchev–Trinajstić information content (AvgIpc) is 2.95. The van der Waals surface area contributed by atoms with Crippen molar-refractivity contribution in [1.82, 2.24) is 4.90 Å². The van der Waals surface area contributed by atoms with Gasteiger partial charge in [-0.2, -0.15) is 0 Å². The van der Waals surface area contributed by atoms with E-state index in [4.69, 9.17) is 9.47 Å². The number of esters is 2. The second kappa shape index (κ2) is 8.67. The minimum absolute atomic E-state index is 0.0645. The molecule has 0 unspecified atom stereocenters. The number of nitrogens with zero attached hydrogens (tertiary/aromatic N) is 1. The van der Waals surface area contributed by atoms with E-state index in [2.05, 4.69) is 24.0 Å². The summed E-state index contributed by atoms with van der Waals surface area (Å²) in [4.78, 5) is 26.5. The smallest absolute Gasteiger partial charge is 0.307 e. The Labute approximate surface area is 156 Å². The molecule has 26 heavy (non-hydrogen) atoms. The molecule has 0 N–H and O–H groups in total. The maximum Gasteiger partial charge on any atom is 0.307 e. The lowest BCUT2D eigenvalue weighted by Gasteiger charge is -2.35. The fraction of sp³-hybridized carbons (Fsp3) is 0.619. The molecule has 0 aromatic heterocycles. The van der Waals surface area contributed by atoms with Crippen molar-refractivity contribution < 1.29 is 19.1 Å². The normalized spacial score (nSPS) is 22.0. The molecule has 0 aliphatic carbocycles. The average molecular weight is 361 g/mol. The van der Waals surface area contributed by atoms with Gasteiger partial charge < -0.3 is 9.47 Å². The molecule has 1 aliphatic rings. The third-order valence-electron chi connectivity index (χ3n) is 4.86. The molecule has 1 saturated heterocycles. The monoisotopic (exact) mass is 361 g/mol. The van der Waals surface area contributed by atoms with Gasteiger partial charge in [0.1, 0.15) is 5.60 Å². The highest BCUT2D eigenvalue weighted by Crippen LogP contribution is 2.37. The third kappa shape index (κ3) is 5.56. The van der Waals surface area contributed by atoms with Gasteiger partial charge in [0.2, 0.25) is 0 Å². The first-order chi connectivity index (χ1) is 12.2. The highest BCUT2D eigenvalue weighted by molar-refractivity contribution is 5.71. The molecule has 5 nitrogen and oxygen atoms in total. The van der Waals surface area contributed by atoms with Crippen molar-refractivity contribution in [2.24, 2.45) is 0 Å². The molecule has 1 fully saturated rings. The lowest BCUT2D eigenvalue weighted by atomic mass is 10.0. The standard InChI is InChI=1S/C21H31NO4/c1-15(16-9-7-6-8-10-16)22-17(13-19(23)25-5)11-12-18(22)14-20(24)26-21(2,3)4/h6-10,15,17-18H,11-14H2,1-5H3/t15-,17+,18-/m0/s1. The lowest BCUT2D eigenvalue weighted by molar-refractivity contribution is -0.156. The first-order valence-electron chi connectivity index (χ1n) is 9.32. The summed E-state index contributed by atoms with van der Waals surface area (Å²) in [7, 11) is 1.42. The van der Waals surface area contributed by atoms with Crippen LogP contribution < -0.4 is 0 Å². The first kappa shape index (κ1) is 20.4. The Balaban J connectivity index is 2.17. The predicted octanol–water partition coefficient (Wildman–Crippen LogP) is 3.88. The Bertz CT molecular complexity index is 608. The molecule has 0 spiro atoms. The van der Waals surface area contributed by atoms with Gasteiger partial charge in [-0.3, -0.25) is 14.5 Å². The van der Waals surface area contributed by atoms with Crippen LogP contribution in [0.15, 0.2) is 30.3 Å². The molecule has 0 radical (unpaired) electrons.